The van der Waals surface area contributed by atoms with Gasteiger partial charge < -0.3 is 10.6 Å². The molecule has 4 nitrogen and oxygen atoms in total. The summed E-state index contributed by atoms with van der Waals surface area (Å²) in [5.41, 5.74) is 0. The van der Waals surface area contributed by atoms with Crippen LogP contribution in [0.1, 0.15) is 19.8 Å². The highest BCUT2D eigenvalue weighted by Gasteiger charge is 2.03. The molecule has 0 saturated heterocycles. The third kappa shape index (κ3) is 4.69. The molecule has 1 amide bonds. The first kappa shape index (κ1) is 10.9. The van der Waals surface area contributed by atoms with Crippen LogP contribution in [0.5, 0.6) is 0 Å². The Kier molecular flexibility index (Phi) is 6.02. The van der Waals surface area contributed by atoms with Crippen molar-refractivity contribution >= 4 is 5.91 Å². The van der Waals surface area contributed by atoms with E-state index >= 15 is 0 Å². The summed E-state index contributed by atoms with van der Waals surface area (Å²) in [4.78, 5) is 10.7. The predicted octanol–water partition coefficient (Wildman–Crippen LogP) is 0.0143. The molecule has 2 N–H and O–H groups in total. The normalized spacial score (nSPS) is 11.8. The number of amides is 1. The second kappa shape index (κ2) is 6.62. The van der Waals surface area contributed by atoms with Crippen LogP contribution in [0.3, 0.4) is 0 Å². The van der Waals surface area contributed by atoms with Crippen molar-refractivity contribution in [3.63, 3.8) is 0 Å². The monoisotopic (exact) mass is 169 g/mol. The number of nitriles is 1. The fourth-order valence-electron chi connectivity index (χ4n) is 0.766. The maximum absolute atomic E-state index is 10.7. The van der Waals surface area contributed by atoms with E-state index in [1.807, 2.05) is 6.92 Å². The summed E-state index contributed by atoms with van der Waals surface area (Å²) in [6.07, 6.45) is 1.19. The first-order valence-corrected chi connectivity index (χ1v) is 4.08. The van der Waals surface area contributed by atoms with Crippen LogP contribution in [0, 0.1) is 11.3 Å². The van der Waals surface area contributed by atoms with Crippen molar-refractivity contribution in [3.05, 3.63) is 0 Å². The van der Waals surface area contributed by atoms with Gasteiger partial charge in [0.15, 0.2) is 0 Å². The molecule has 0 spiro atoms. The molecule has 68 valence electrons. The van der Waals surface area contributed by atoms with Gasteiger partial charge in [-0.1, -0.05) is 6.92 Å². The highest BCUT2D eigenvalue weighted by atomic mass is 16.1. The van der Waals surface area contributed by atoms with Crippen molar-refractivity contribution < 1.29 is 4.79 Å². The standard InChI is InChI=1S/C8H15N3O/c1-3-7(6-9)11-5-4-8(12)10-2/h7,11H,3-5H2,1-2H3,(H,10,12). The summed E-state index contributed by atoms with van der Waals surface area (Å²) in [5.74, 6) is -0.00436. The lowest BCUT2D eigenvalue weighted by molar-refractivity contribution is -0.120. The first-order valence-electron chi connectivity index (χ1n) is 4.08. The lowest BCUT2D eigenvalue weighted by Crippen LogP contribution is -2.31. The number of hydrogen-bond acceptors (Lipinski definition) is 3. The van der Waals surface area contributed by atoms with E-state index in [9.17, 15) is 4.79 Å². The summed E-state index contributed by atoms with van der Waals surface area (Å²) >= 11 is 0. The average Bonchev–Trinajstić information content (AvgIpc) is 2.12. The van der Waals surface area contributed by atoms with Crippen LogP contribution in [-0.4, -0.2) is 25.5 Å². The van der Waals surface area contributed by atoms with Crippen molar-refractivity contribution in [2.24, 2.45) is 0 Å². The highest BCUT2D eigenvalue weighted by Crippen LogP contribution is 1.87. The zero-order valence-electron chi connectivity index (χ0n) is 7.55. The highest BCUT2D eigenvalue weighted by molar-refractivity contribution is 5.75. The van der Waals surface area contributed by atoms with Gasteiger partial charge in [0.2, 0.25) is 5.91 Å². The van der Waals surface area contributed by atoms with Gasteiger partial charge in [-0.2, -0.15) is 5.26 Å². The lowest BCUT2D eigenvalue weighted by atomic mass is 10.2. The number of rotatable bonds is 5. The molecule has 0 aliphatic heterocycles. The molecule has 1 unspecified atom stereocenters. The molecule has 0 saturated carbocycles. The molecule has 0 fully saturated rings. The summed E-state index contributed by atoms with van der Waals surface area (Å²) in [7, 11) is 1.60. The Hall–Kier alpha value is -1.08. The summed E-state index contributed by atoms with van der Waals surface area (Å²) < 4.78 is 0. The predicted molar refractivity (Wildman–Crippen MR) is 46.4 cm³/mol. The fraction of sp³-hybridized carbons (Fsp3) is 0.750. The van der Waals surface area contributed by atoms with Gasteiger partial charge in [-0.15, -0.1) is 0 Å². The van der Waals surface area contributed by atoms with Crippen LogP contribution in [0.15, 0.2) is 0 Å². The summed E-state index contributed by atoms with van der Waals surface area (Å²) in [6, 6.07) is 1.97. The Balaban J connectivity index is 3.43. The van der Waals surface area contributed by atoms with Gasteiger partial charge in [-0.25, -0.2) is 0 Å². The van der Waals surface area contributed by atoms with E-state index in [4.69, 9.17) is 5.26 Å². The topological polar surface area (TPSA) is 64.9 Å². The minimum absolute atomic E-state index is 0.00436. The molecule has 0 aliphatic carbocycles. The number of nitrogens with zero attached hydrogens (tertiary/aromatic N) is 1. The molecule has 0 aromatic carbocycles. The molecular weight excluding hydrogens is 154 g/mol. The molecule has 0 rings (SSSR count). The second-order valence-corrected chi connectivity index (χ2v) is 2.47. The molecule has 0 aliphatic rings. The van der Waals surface area contributed by atoms with Gasteiger partial charge in [-0.3, -0.25) is 4.79 Å². The van der Waals surface area contributed by atoms with Crippen LogP contribution < -0.4 is 10.6 Å². The van der Waals surface area contributed by atoms with Crippen molar-refractivity contribution in [2.45, 2.75) is 25.8 Å². The average molecular weight is 169 g/mol. The zero-order chi connectivity index (χ0) is 9.40. The van der Waals surface area contributed by atoms with E-state index in [0.717, 1.165) is 6.42 Å². The minimum Gasteiger partial charge on any atom is -0.359 e. The van der Waals surface area contributed by atoms with Crippen LogP contribution in [0.25, 0.3) is 0 Å². The maximum Gasteiger partial charge on any atom is 0.221 e. The molecule has 12 heavy (non-hydrogen) atoms. The van der Waals surface area contributed by atoms with E-state index in [2.05, 4.69) is 16.7 Å². The van der Waals surface area contributed by atoms with Crippen molar-refractivity contribution in [1.82, 2.24) is 10.6 Å². The van der Waals surface area contributed by atoms with Gasteiger partial charge >= 0.3 is 0 Å². The van der Waals surface area contributed by atoms with Gasteiger partial charge in [0.25, 0.3) is 0 Å². The molecule has 4 heteroatoms. The fourth-order valence-corrected chi connectivity index (χ4v) is 0.766. The van der Waals surface area contributed by atoms with Crippen molar-refractivity contribution in [3.8, 4) is 6.07 Å². The van der Waals surface area contributed by atoms with Gasteiger partial charge in [0.1, 0.15) is 0 Å². The lowest BCUT2D eigenvalue weighted by Gasteiger charge is -2.07. The Bertz CT molecular complexity index is 174. The molecule has 0 radical (unpaired) electrons. The Labute approximate surface area is 72.9 Å². The van der Waals surface area contributed by atoms with Crippen LogP contribution in [0.4, 0.5) is 0 Å². The minimum atomic E-state index is -0.130. The Morgan fingerprint density at radius 3 is 2.75 bits per heavy atom. The van der Waals surface area contributed by atoms with E-state index in [1.54, 1.807) is 7.05 Å². The summed E-state index contributed by atoms with van der Waals surface area (Å²) in [5, 5.41) is 14.0. The third-order valence-electron chi connectivity index (χ3n) is 1.59. The Morgan fingerprint density at radius 1 is 1.67 bits per heavy atom. The maximum atomic E-state index is 10.7. The van der Waals surface area contributed by atoms with E-state index in [0.29, 0.717) is 13.0 Å². The molecule has 0 aromatic rings. The summed E-state index contributed by atoms with van der Waals surface area (Å²) in [6.45, 7) is 2.49. The molecule has 0 bridgehead atoms. The van der Waals surface area contributed by atoms with Crippen molar-refractivity contribution in [1.29, 1.82) is 5.26 Å². The van der Waals surface area contributed by atoms with E-state index < -0.39 is 0 Å². The Morgan fingerprint density at radius 2 is 2.33 bits per heavy atom. The van der Waals surface area contributed by atoms with E-state index in [-0.39, 0.29) is 11.9 Å². The molecule has 1 atom stereocenters. The number of carbonyl (C=O) groups excluding carboxylic acids is 1. The third-order valence-corrected chi connectivity index (χ3v) is 1.59. The molecule has 0 aromatic heterocycles. The van der Waals surface area contributed by atoms with E-state index in [1.165, 1.54) is 0 Å². The van der Waals surface area contributed by atoms with Crippen LogP contribution in [-0.2, 0) is 4.79 Å². The second-order valence-electron chi connectivity index (χ2n) is 2.47. The zero-order valence-corrected chi connectivity index (χ0v) is 7.55. The SMILES string of the molecule is CCC(C#N)NCCC(=O)NC. The van der Waals surface area contributed by atoms with Crippen LogP contribution >= 0.6 is 0 Å². The van der Waals surface area contributed by atoms with Gasteiger partial charge in [0.05, 0.1) is 12.1 Å². The molecular formula is C8H15N3O. The number of hydrogen-bond donors (Lipinski definition) is 2. The quantitative estimate of drug-likeness (QED) is 0.609. The van der Waals surface area contributed by atoms with Crippen LogP contribution in [0.2, 0.25) is 0 Å². The number of nitrogens with one attached hydrogen (secondary N) is 2. The smallest absolute Gasteiger partial charge is 0.221 e. The van der Waals surface area contributed by atoms with Crippen molar-refractivity contribution in [2.75, 3.05) is 13.6 Å². The van der Waals surface area contributed by atoms with Gasteiger partial charge in [0, 0.05) is 20.0 Å². The largest absolute Gasteiger partial charge is 0.359 e. The van der Waals surface area contributed by atoms with Gasteiger partial charge in [-0.05, 0) is 6.42 Å². The molecule has 0 heterocycles. The number of carbonyl (C=O) groups is 1. The first-order chi connectivity index (χ1) is 5.74.